The molecule has 0 atom stereocenters. The van der Waals surface area contributed by atoms with E-state index in [1.807, 2.05) is 22.7 Å². The summed E-state index contributed by atoms with van der Waals surface area (Å²) in [5, 5.41) is 10.3. The SMILES string of the molecule is c1ccc(-c2cccc3cccc(-c4ccc(N(c5cccc(-c6cccc7sc8ccccc8c67)c5)c5cc6ccccc6c6c5sc5ccccc56)cc4)c23)cc1. The third-order valence-corrected chi connectivity index (χ3v) is 14.2. The van der Waals surface area contributed by atoms with Gasteiger partial charge in [-0.25, -0.2) is 0 Å². The largest absolute Gasteiger partial charge is 0.309 e. The number of anilines is 3. The third kappa shape index (κ3) is 5.58. The Balaban J connectivity index is 1.09. The molecule has 2 aromatic heterocycles. The van der Waals surface area contributed by atoms with Gasteiger partial charge in [0.15, 0.2) is 0 Å². The number of benzene rings is 10. The van der Waals surface area contributed by atoms with Gasteiger partial charge in [0.1, 0.15) is 0 Å². The first-order valence-corrected chi connectivity index (χ1v) is 21.7. The minimum Gasteiger partial charge on any atom is -0.309 e. The van der Waals surface area contributed by atoms with Crippen molar-refractivity contribution in [1.82, 2.24) is 0 Å². The predicted molar refractivity (Wildman–Crippen MR) is 258 cm³/mol. The van der Waals surface area contributed by atoms with Crippen molar-refractivity contribution in [2.45, 2.75) is 0 Å². The molecule has 0 spiro atoms. The molecule has 0 aliphatic rings. The molecule has 0 aliphatic heterocycles. The van der Waals surface area contributed by atoms with Crippen molar-refractivity contribution >= 4 is 102 Å². The minimum absolute atomic E-state index is 1.11. The molecule has 0 fully saturated rings. The molecular weight excluding hydrogens is 751 g/mol. The van der Waals surface area contributed by atoms with Crippen LogP contribution in [-0.4, -0.2) is 0 Å². The molecule has 276 valence electrons. The third-order valence-electron chi connectivity index (χ3n) is 11.8. The molecular formula is C56H35NS2. The highest BCUT2D eigenvalue weighted by molar-refractivity contribution is 7.26. The number of hydrogen-bond acceptors (Lipinski definition) is 3. The van der Waals surface area contributed by atoms with Gasteiger partial charge in [0.2, 0.25) is 0 Å². The first-order chi connectivity index (χ1) is 29.3. The second-order valence-corrected chi connectivity index (χ2v) is 17.3. The van der Waals surface area contributed by atoms with E-state index in [4.69, 9.17) is 0 Å². The predicted octanol–water partition coefficient (Wildman–Crippen LogP) is 17.2. The van der Waals surface area contributed by atoms with Gasteiger partial charge in [-0.15, -0.1) is 22.7 Å². The van der Waals surface area contributed by atoms with E-state index in [-0.39, 0.29) is 0 Å². The van der Waals surface area contributed by atoms with Crippen LogP contribution in [0.2, 0.25) is 0 Å². The van der Waals surface area contributed by atoms with Crippen molar-refractivity contribution in [1.29, 1.82) is 0 Å². The molecule has 0 saturated carbocycles. The van der Waals surface area contributed by atoms with Gasteiger partial charge in [0.05, 0.1) is 10.4 Å². The van der Waals surface area contributed by atoms with E-state index in [2.05, 4.69) is 217 Å². The average molecular weight is 786 g/mol. The van der Waals surface area contributed by atoms with Gasteiger partial charge in [-0.2, -0.15) is 0 Å². The van der Waals surface area contributed by atoms with Crippen molar-refractivity contribution in [3.05, 3.63) is 212 Å². The van der Waals surface area contributed by atoms with Crippen molar-refractivity contribution < 1.29 is 0 Å². The summed E-state index contributed by atoms with van der Waals surface area (Å²) in [4.78, 5) is 2.49. The van der Waals surface area contributed by atoms with E-state index in [0.717, 1.165) is 11.4 Å². The van der Waals surface area contributed by atoms with Crippen molar-refractivity contribution in [2.75, 3.05) is 4.90 Å². The molecule has 0 unspecified atom stereocenters. The van der Waals surface area contributed by atoms with E-state index >= 15 is 0 Å². The Morgan fingerprint density at radius 3 is 1.61 bits per heavy atom. The van der Waals surface area contributed by atoms with Gasteiger partial charge in [-0.05, 0) is 103 Å². The topological polar surface area (TPSA) is 3.24 Å². The van der Waals surface area contributed by atoms with Gasteiger partial charge in [0.25, 0.3) is 0 Å². The number of thiophene rings is 2. The van der Waals surface area contributed by atoms with Crippen molar-refractivity contribution in [2.24, 2.45) is 0 Å². The van der Waals surface area contributed by atoms with Gasteiger partial charge in [0, 0.05) is 47.0 Å². The van der Waals surface area contributed by atoms with Crippen molar-refractivity contribution in [3.63, 3.8) is 0 Å². The molecule has 1 nitrogen and oxygen atoms in total. The maximum atomic E-state index is 2.49. The lowest BCUT2D eigenvalue weighted by Gasteiger charge is -2.27. The fourth-order valence-electron chi connectivity index (χ4n) is 9.21. The van der Waals surface area contributed by atoms with Crippen LogP contribution >= 0.6 is 22.7 Å². The van der Waals surface area contributed by atoms with Gasteiger partial charge < -0.3 is 4.90 Å². The Kier molecular flexibility index (Phi) is 7.97. The number of nitrogens with zero attached hydrogens (tertiary/aromatic N) is 1. The standard InChI is InChI=1S/C56H35NS2/c1-2-14-36(15-3-1)43-24-11-17-38-18-12-25-44(53(38)43)37-30-32-41(33-31-37)57(49-35-40-16-4-5-21-46(40)55-48-23-7-9-28-51(48)59-56(49)55)42-20-10-19-39(34-42)45-26-13-29-52-54(45)47-22-6-8-27-50(47)58-52/h1-35H. The molecule has 59 heavy (non-hydrogen) atoms. The fraction of sp³-hybridized carbons (Fsp3) is 0. The summed E-state index contributed by atoms with van der Waals surface area (Å²) >= 11 is 3.76. The van der Waals surface area contributed by atoms with E-state index in [9.17, 15) is 0 Å². The Hall–Kier alpha value is -7.04. The monoisotopic (exact) mass is 785 g/mol. The van der Waals surface area contributed by atoms with Gasteiger partial charge in [-0.3, -0.25) is 0 Å². The van der Waals surface area contributed by atoms with Gasteiger partial charge in [-0.1, -0.05) is 164 Å². The van der Waals surface area contributed by atoms with E-state index in [1.165, 1.54) is 101 Å². The number of rotatable bonds is 6. The van der Waals surface area contributed by atoms with Crippen LogP contribution < -0.4 is 4.90 Å². The fourth-order valence-corrected chi connectivity index (χ4v) is 11.6. The van der Waals surface area contributed by atoms with Gasteiger partial charge >= 0.3 is 0 Å². The average Bonchev–Trinajstić information content (AvgIpc) is 3.89. The molecule has 0 aliphatic carbocycles. The quantitative estimate of drug-likeness (QED) is 0.162. The van der Waals surface area contributed by atoms with E-state index in [1.54, 1.807) is 0 Å². The molecule has 2 heterocycles. The van der Waals surface area contributed by atoms with Crippen LogP contribution in [0.3, 0.4) is 0 Å². The summed E-state index contributed by atoms with van der Waals surface area (Å²) in [5.41, 5.74) is 10.8. The van der Waals surface area contributed by atoms with Crippen LogP contribution in [0.1, 0.15) is 0 Å². The summed E-state index contributed by atoms with van der Waals surface area (Å²) in [6, 6.07) is 78.2. The Labute approximate surface area is 350 Å². The lowest BCUT2D eigenvalue weighted by atomic mass is 9.91. The highest BCUT2D eigenvalue weighted by atomic mass is 32.1. The van der Waals surface area contributed by atoms with Crippen LogP contribution in [0, 0.1) is 0 Å². The van der Waals surface area contributed by atoms with Crippen LogP contribution in [0.4, 0.5) is 17.1 Å². The Bertz CT molecular complexity index is 3550. The van der Waals surface area contributed by atoms with Crippen LogP contribution in [-0.2, 0) is 0 Å². The summed E-state index contributed by atoms with van der Waals surface area (Å²) < 4.78 is 5.21. The summed E-state index contributed by atoms with van der Waals surface area (Å²) in [6.45, 7) is 0. The van der Waals surface area contributed by atoms with Crippen LogP contribution in [0.15, 0.2) is 212 Å². The Morgan fingerprint density at radius 1 is 0.305 bits per heavy atom. The number of hydrogen-bond donors (Lipinski definition) is 0. The second kappa shape index (κ2) is 13.8. The van der Waals surface area contributed by atoms with E-state index in [0.29, 0.717) is 0 Å². The molecule has 0 radical (unpaired) electrons. The minimum atomic E-state index is 1.11. The molecule has 12 aromatic rings. The normalized spacial score (nSPS) is 11.7. The summed E-state index contributed by atoms with van der Waals surface area (Å²) in [7, 11) is 0. The first-order valence-electron chi connectivity index (χ1n) is 20.1. The number of fused-ring (bicyclic) bond motifs is 9. The lowest BCUT2D eigenvalue weighted by molar-refractivity contribution is 1.31. The summed E-state index contributed by atoms with van der Waals surface area (Å²) in [5.74, 6) is 0. The maximum Gasteiger partial charge on any atom is 0.0646 e. The smallest absolute Gasteiger partial charge is 0.0646 e. The molecule has 10 aromatic carbocycles. The zero-order chi connectivity index (χ0) is 38.9. The highest BCUT2D eigenvalue weighted by Gasteiger charge is 2.22. The van der Waals surface area contributed by atoms with Crippen LogP contribution in [0.25, 0.3) is 95.3 Å². The first kappa shape index (κ1) is 34.0. The van der Waals surface area contributed by atoms with E-state index < -0.39 is 0 Å². The Morgan fingerprint density at radius 2 is 0.847 bits per heavy atom. The molecule has 3 heteroatoms. The molecule has 0 saturated heterocycles. The lowest BCUT2D eigenvalue weighted by Crippen LogP contribution is -2.10. The summed E-state index contributed by atoms with van der Waals surface area (Å²) in [6.07, 6.45) is 0. The highest BCUT2D eigenvalue weighted by Crippen LogP contribution is 2.49. The maximum absolute atomic E-state index is 2.49. The zero-order valence-corrected chi connectivity index (χ0v) is 33.6. The van der Waals surface area contributed by atoms with Crippen molar-refractivity contribution in [3.8, 4) is 33.4 Å². The second-order valence-electron chi connectivity index (χ2n) is 15.2. The van der Waals surface area contributed by atoms with Crippen LogP contribution in [0.5, 0.6) is 0 Å². The molecule has 0 amide bonds. The molecule has 0 bridgehead atoms. The zero-order valence-electron chi connectivity index (χ0n) is 32.0. The molecule has 0 N–H and O–H groups in total. The molecule has 12 rings (SSSR count).